The van der Waals surface area contributed by atoms with Crippen molar-refractivity contribution in [2.24, 2.45) is 0 Å². The molecule has 0 aromatic carbocycles. The van der Waals surface area contributed by atoms with Gasteiger partial charge in [0, 0.05) is 56.5 Å². The summed E-state index contributed by atoms with van der Waals surface area (Å²) >= 11 is 0. The van der Waals surface area contributed by atoms with E-state index in [1.165, 1.54) is 0 Å². The lowest BCUT2D eigenvalue weighted by molar-refractivity contribution is 0.249. The van der Waals surface area contributed by atoms with Crippen LogP contribution in [0, 0.1) is 0 Å². The highest BCUT2D eigenvalue weighted by atomic mass is 16.1. The number of aryl methyl sites for hydroxylation is 1. The van der Waals surface area contributed by atoms with Gasteiger partial charge in [0.05, 0.1) is 22.9 Å². The van der Waals surface area contributed by atoms with Crippen molar-refractivity contribution < 1.29 is 4.79 Å². The van der Waals surface area contributed by atoms with Gasteiger partial charge in [-0.05, 0) is 30.2 Å². The maximum Gasteiger partial charge on any atom is 0.251 e. The lowest BCUT2D eigenvalue weighted by Gasteiger charge is -2.36. The van der Waals surface area contributed by atoms with Crippen LogP contribution in [0.5, 0.6) is 0 Å². The largest absolute Gasteiger partial charge is 0.368 e. The van der Waals surface area contributed by atoms with Crippen LogP contribution in [0.3, 0.4) is 0 Å². The van der Waals surface area contributed by atoms with Gasteiger partial charge in [0.1, 0.15) is 17.5 Å². The fraction of sp³-hybridized carbons (Fsp3) is 0.348. The molecule has 3 aromatic rings. The molecule has 8 nitrogen and oxygen atoms in total. The third-order valence-corrected chi connectivity index (χ3v) is 6.06. The normalized spacial score (nSPS) is 16.3. The molecule has 1 saturated heterocycles. The van der Waals surface area contributed by atoms with E-state index in [9.17, 15) is 9.59 Å². The van der Waals surface area contributed by atoms with Crippen LogP contribution < -0.4 is 15.8 Å². The predicted octanol–water partition coefficient (Wildman–Crippen LogP) is 1.89. The quantitative estimate of drug-likeness (QED) is 0.627. The first-order valence-electron chi connectivity index (χ1n) is 10.6. The number of aromatic nitrogens is 3. The molecule has 0 atom stereocenters. The van der Waals surface area contributed by atoms with Crippen LogP contribution in [-0.2, 0) is 24.2 Å². The molecule has 2 aliphatic rings. The topological polar surface area (TPSA) is 94.2 Å². The summed E-state index contributed by atoms with van der Waals surface area (Å²) in [5.41, 5.74) is 6.12. The number of hydrogen-bond donors (Lipinski definition) is 2. The zero-order valence-corrected chi connectivity index (χ0v) is 17.4. The number of aromatic amines is 1. The number of H-pyrrole nitrogens is 1. The van der Waals surface area contributed by atoms with E-state index in [1.54, 1.807) is 0 Å². The molecule has 2 aliphatic heterocycles. The van der Waals surface area contributed by atoms with E-state index in [0.717, 1.165) is 72.0 Å². The number of piperazine rings is 1. The average molecular weight is 416 g/mol. The number of anilines is 2. The molecule has 5 rings (SSSR count). The van der Waals surface area contributed by atoms with Gasteiger partial charge in [-0.1, -0.05) is 6.92 Å². The molecule has 31 heavy (non-hydrogen) atoms. The Hall–Kier alpha value is -3.48. The number of pyridine rings is 3. The smallest absolute Gasteiger partial charge is 0.251 e. The second-order valence-corrected chi connectivity index (χ2v) is 8.10. The van der Waals surface area contributed by atoms with Crippen LogP contribution in [0.2, 0.25) is 0 Å². The van der Waals surface area contributed by atoms with E-state index in [4.69, 9.17) is 0 Å². The zero-order chi connectivity index (χ0) is 21.4. The molecule has 0 unspecified atom stereocenters. The number of allylic oxidation sites excluding steroid dienone is 1. The molecule has 0 amide bonds. The fourth-order valence-corrected chi connectivity index (χ4v) is 4.30. The molecule has 8 heteroatoms. The maximum absolute atomic E-state index is 12.1. The van der Waals surface area contributed by atoms with Gasteiger partial charge in [-0.3, -0.25) is 14.7 Å². The van der Waals surface area contributed by atoms with E-state index in [1.807, 2.05) is 37.4 Å². The molecule has 0 radical (unpaired) electrons. The summed E-state index contributed by atoms with van der Waals surface area (Å²) in [7, 11) is 0. The number of hydrogen-bond acceptors (Lipinski definition) is 7. The van der Waals surface area contributed by atoms with Crippen LogP contribution in [0.25, 0.3) is 11.0 Å². The van der Waals surface area contributed by atoms with Crippen LogP contribution in [0.15, 0.2) is 41.1 Å². The average Bonchev–Trinajstić information content (AvgIpc) is 3.21. The molecule has 0 bridgehead atoms. The molecule has 0 spiro atoms. The van der Waals surface area contributed by atoms with Crippen molar-refractivity contribution >= 4 is 28.5 Å². The van der Waals surface area contributed by atoms with Crippen LogP contribution in [-0.4, -0.2) is 52.0 Å². The molecule has 3 aromatic heterocycles. The van der Waals surface area contributed by atoms with Gasteiger partial charge in [0.25, 0.3) is 5.56 Å². The minimum atomic E-state index is -0.0310. The fourth-order valence-electron chi connectivity index (χ4n) is 4.30. The Bertz CT molecular complexity index is 1250. The van der Waals surface area contributed by atoms with E-state index >= 15 is 0 Å². The standard InChI is InChI=1S/C23H24N6O2/c1-2-16-10-20-21(27-23(16)31)7-15(11-24-20)13-28-3-5-29(6-4-28)19-9-17-8-18(14-30)26-22(17)25-12-19/h7,9-12H,2-6,8,13H2,1H3,(H,25,26)(H,27,31). The van der Waals surface area contributed by atoms with Crippen molar-refractivity contribution in [2.45, 2.75) is 26.3 Å². The van der Waals surface area contributed by atoms with Gasteiger partial charge in [0.15, 0.2) is 0 Å². The summed E-state index contributed by atoms with van der Waals surface area (Å²) < 4.78 is 0. The summed E-state index contributed by atoms with van der Waals surface area (Å²) in [6.07, 6.45) is 5.03. The SMILES string of the molecule is CCc1cc2ncc(CN3CCN(c4cnc5c(c4)CC(=C=O)N5)CC3)cc2[nH]c1=O. The van der Waals surface area contributed by atoms with Crippen molar-refractivity contribution in [1.82, 2.24) is 19.9 Å². The van der Waals surface area contributed by atoms with Gasteiger partial charge in [0.2, 0.25) is 0 Å². The molecule has 5 heterocycles. The summed E-state index contributed by atoms with van der Waals surface area (Å²) in [5, 5.41) is 3.00. The Kier molecular flexibility index (Phi) is 5.02. The van der Waals surface area contributed by atoms with Gasteiger partial charge in [-0.15, -0.1) is 0 Å². The monoisotopic (exact) mass is 416 g/mol. The lowest BCUT2D eigenvalue weighted by Crippen LogP contribution is -2.46. The van der Waals surface area contributed by atoms with Gasteiger partial charge >= 0.3 is 0 Å². The number of rotatable bonds is 4. The molecule has 2 N–H and O–H groups in total. The third-order valence-electron chi connectivity index (χ3n) is 6.06. The van der Waals surface area contributed by atoms with Gasteiger partial charge in [-0.25, -0.2) is 9.78 Å². The first-order valence-corrected chi connectivity index (χ1v) is 10.6. The van der Waals surface area contributed by atoms with E-state index < -0.39 is 0 Å². The molecule has 158 valence electrons. The van der Waals surface area contributed by atoms with Crippen LogP contribution in [0.4, 0.5) is 11.5 Å². The molecule has 0 aliphatic carbocycles. The summed E-state index contributed by atoms with van der Waals surface area (Å²) in [4.78, 5) is 39.7. The highest BCUT2D eigenvalue weighted by Gasteiger charge is 2.22. The van der Waals surface area contributed by atoms with Crippen molar-refractivity contribution in [1.29, 1.82) is 0 Å². The molecule has 1 fully saturated rings. The molecule has 0 saturated carbocycles. The number of fused-ring (bicyclic) bond motifs is 2. The van der Waals surface area contributed by atoms with Gasteiger partial charge < -0.3 is 15.2 Å². The minimum Gasteiger partial charge on any atom is -0.368 e. The van der Waals surface area contributed by atoms with Gasteiger partial charge in [-0.2, -0.15) is 0 Å². The minimum absolute atomic E-state index is 0.0310. The first-order chi connectivity index (χ1) is 15.1. The predicted molar refractivity (Wildman–Crippen MR) is 120 cm³/mol. The first kappa shape index (κ1) is 19.5. The number of nitrogens with zero attached hydrogens (tertiary/aromatic N) is 4. The van der Waals surface area contributed by atoms with E-state index in [2.05, 4.69) is 36.1 Å². The highest BCUT2D eigenvalue weighted by molar-refractivity contribution is 5.75. The van der Waals surface area contributed by atoms with Crippen molar-refractivity contribution in [3.8, 4) is 0 Å². The second-order valence-electron chi connectivity index (χ2n) is 8.10. The Morgan fingerprint density at radius 1 is 1.10 bits per heavy atom. The summed E-state index contributed by atoms with van der Waals surface area (Å²) in [6.45, 7) is 6.44. The van der Waals surface area contributed by atoms with Crippen molar-refractivity contribution in [2.75, 3.05) is 36.4 Å². The number of carbonyl (C=O) groups excluding carboxylic acids is 1. The molecular formula is C23H24N6O2. The van der Waals surface area contributed by atoms with Crippen LogP contribution >= 0.6 is 0 Å². The van der Waals surface area contributed by atoms with E-state index in [0.29, 0.717) is 18.5 Å². The Balaban J connectivity index is 1.24. The molecular weight excluding hydrogens is 392 g/mol. The summed E-state index contributed by atoms with van der Waals surface area (Å²) in [6, 6.07) is 6.03. The van der Waals surface area contributed by atoms with Crippen LogP contribution in [0.1, 0.15) is 23.6 Å². The highest BCUT2D eigenvalue weighted by Crippen LogP contribution is 2.28. The maximum atomic E-state index is 12.1. The third kappa shape index (κ3) is 3.83. The Labute approximate surface area is 179 Å². The summed E-state index contributed by atoms with van der Waals surface area (Å²) in [5.74, 6) is 2.69. The lowest BCUT2D eigenvalue weighted by atomic mass is 10.1. The van der Waals surface area contributed by atoms with Crippen molar-refractivity contribution in [3.05, 3.63) is 63.3 Å². The Morgan fingerprint density at radius 2 is 1.94 bits per heavy atom. The Morgan fingerprint density at radius 3 is 2.71 bits per heavy atom. The van der Waals surface area contributed by atoms with Crippen molar-refractivity contribution in [3.63, 3.8) is 0 Å². The number of nitrogens with one attached hydrogen (secondary N) is 2. The zero-order valence-electron chi connectivity index (χ0n) is 17.4. The second kappa shape index (κ2) is 7.98. The van der Waals surface area contributed by atoms with E-state index in [-0.39, 0.29) is 5.56 Å².